The lowest BCUT2D eigenvalue weighted by atomic mass is 10.2. The van der Waals surface area contributed by atoms with Crippen LogP contribution in [0.1, 0.15) is 11.1 Å². The normalized spacial score (nSPS) is 10.8. The second-order valence-electron chi connectivity index (χ2n) is 5.50. The molecule has 0 aliphatic rings. The van der Waals surface area contributed by atoms with E-state index >= 15 is 0 Å². The minimum Gasteiger partial charge on any atom is -0.493 e. The van der Waals surface area contributed by atoms with Gasteiger partial charge in [0.25, 0.3) is 0 Å². The van der Waals surface area contributed by atoms with E-state index in [0.29, 0.717) is 24.0 Å². The largest absolute Gasteiger partial charge is 0.493 e. The van der Waals surface area contributed by atoms with Gasteiger partial charge < -0.3 is 20.5 Å². The van der Waals surface area contributed by atoms with Gasteiger partial charge in [-0.1, -0.05) is 29.8 Å². The van der Waals surface area contributed by atoms with Crippen molar-refractivity contribution in [3.8, 4) is 11.5 Å². The first-order valence-electron chi connectivity index (χ1n) is 8.04. The van der Waals surface area contributed by atoms with Crippen LogP contribution in [0.3, 0.4) is 0 Å². The number of anilines is 1. The number of hydrogen-bond acceptors (Lipinski definition) is 4. The third kappa shape index (κ3) is 7.33. The molecule has 0 spiro atoms. The average molecular weight is 487 g/mol. The molecule has 0 aliphatic heterocycles. The number of benzene rings is 2. The van der Waals surface area contributed by atoms with Gasteiger partial charge in [0.15, 0.2) is 17.5 Å². The quantitative estimate of drug-likeness (QED) is 0.252. The van der Waals surface area contributed by atoms with Crippen molar-refractivity contribution in [2.45, 2.75) is 12.7 Å². The molecule has 3 N–H and O–H groups in total. The zero-order chi connectivity index (χ0) is 18.1. The Balaban J connectivity index is 0.00000338. The van der Waals surface area contributed by atoms with Gasteiger partial charge in [-0.15, -0.1) is 24.0 Å². The number of nitrogens with zero attached hydrogens (tertiary/aromatic N) is 1. The highest BCUT2D eigenvalue weighted by molar-refractivity contribution is 14.0. The fourth-order valence-electron chi connectivity index (χ4n) is 2.21. The van der Waals surface area contributed by atoms with Crippen LogP contribution in [0, 0.1) is 6.92 Å². The molecule has 2 aromatic rings. The van der Waals surface area contributed by atoms with Crippen LogP contribution in [0.25, 0.3) is 0 Å². The third-order valence-corrected chi connectivity index (χ3v) is 4.57. The highest BCUT2D eigenvalue weighted by atomic mass is 127. The van der Waals surface area contributed by atoms with Crippen LogP contribution in [0.2, 0.25) is 0 Å². The van der Waals surface area contributed by atoms with Gasteiger partial charge in [-0.05, 0) is 24.6 Å². The molecule has 142 valence electrons. The summed E-state index contributed by atoms with van der Waals surface area (Å²) in [6, 6.07) is 14.1. The molecule has 2 aromatic carbocycles. The van der Waals surface area contributed by atoms with Gasteiger partial charge in [-0.2, -0.15) is 11.8 Å². The molecule has 0 radical (unpaired) electrons. The van der Waals surface area contributed by atoms with Crippen molar-refractivity contribution in [2.75, 3.05) is 31.8 Å². The number of hydrogen-bond donors (Lipinski definition) is 2. The summed E-state index contributed by atoms with van der Waals surface area (Å²) in [6.07, 6.45) is 0. The molecular formula is C19H26IN3O2S. The maximum absolute atomic E-state index is 5.94. The Morgan fingerprint density at radius 2 is 1.77 bits per heavy atom. The summed E-state index contributed by atoms with van der Waals surface area (Å²) in [5.74, 6) is 3.62. The lowest BCUT2D eigenvalue weighted by Crippen LogP contribution is -2.23. The molecule has 0 unspecified atom stereocenters. The Kier molecular flexibility index (Phi) is 10.3. The van der Waals surface area contributed by atoms with Gasteiger partial charge in [0.1, 0.15) is 0 Å². The lowest BCUT2D eigenvalue weighted by molar-refractivity contribution is 0.355. The maximum atomic E-state index is 5.94. The van der Waals surface area contributed by atoms with Crippen LogP contribution in [0.15, 0.2) is 47.5 Å². The van der Waals surface area contributed by atoms with Gasteiger partial charge in [0.05, 0.1) is 20.8 Å². The van der Waals surface area contributed by atoms with Crippen molar-refractivity contribution >= 4 is 47.4 Å². The first-order chi connectivity index (χ1) is 12.1. The van der Waals surface area contributed by atoms with Crippen molar-refractivity contribution in [3.05, 3.63) is 53.6 Å². The molecule has 0 amide bonds. The molecule has 0 bridgehead atoms. The third-order valence-electron chi connectivity index (χ3n) is 3.56. The predicted octanol–water partition coefficient (Wildman–Crippen LogP) is 4.29. The SMILES string of the molecule is COc1ccc(NC(N)=NCCSCc2ccc(C)cc2)cc1OC.I. The van der Waals surface area contributed by atoms with Crippen LogP contribution in [-0.2, 0) is 5.75 Å². The Morgan fingerprint density at radius 1 is 1.08 bits per heavy atom. The van der Waals surface area contributed by atoms with E-state index in [-0.39, 0.29) is 24.0 Å². The van der Waals surface area contributed by atoms with E-state index in [1.165, 1.54) is 11.1 Å². The van der Waals surface area contributed by atoms with Crippen LogP contribution in [0.4, 0.5) is 5.69 Å². The Hall–Kier alpha value is -1.61. The summed E-state index contributed by atoms with van der Waals surface area (Å²) in [6.45, 7) is 2.77. The summed E-state index contributed by atoms with van der Waals surface area (Å²) in [5.41, 5.74) is 9.36. The monoisotopic (exact) mass is 487 g/mol. The van der Waals surface area contributed by atoms with Gasteiger partial charge >= 0.3 is 0 Å². The van der Waals surface area contributed by atoms with Crippen molar-refractivity contribution in [1.82, 2.24) is 0 Å². The summed E-state index contributed by atoms with van der Waals surface area (Å²) in [4.78, 5) is 4.35. The summed E-state index contributed by atoms with van der Waals surface area (Å²) < 4.78 is 10.5. The molecule has 0 aliphatic carbocycles. The van der Waals surface area contributed by atoms with Crippen LogP contribution >= 0.6 is 35.7 Å². The van der Waals surface area contributed by atoms with Crippen LogP contribution in [0.5, 0.6) is 11.5 Å². The second kappa shape index (κ2) is 11.9. The number of halogens is 1. The first kappa shape index (κ1) is 22.4. The number of rotatable bonds is 8. The highest BCUT2D eigenvalue weighted by Crippen LogP contribution is 2.29. The van der Waals surface area contributed by atoms with E-state index in [9.17, 15) is 0 Å². The topological polar surface area (TPSA) is 68.9 Å². The van der Waals surface area contributed by atoms with Gasteiger partial charge in [0.2, 0.25) is 0 Å². The molecule has 0 aromatic heterocycles. The zero-order valence-corrected chi connectivity index (χ0v) is 18.5. The number of nitrogens with two attached hydrogens (primary N) is 1. The highest BCUT2D eigenvalue weighted by Gasteiger charge is 2.05. The average Bonchev–Trinajstić information content (AvgIpc) is 2.62. The number of methoxy groups -OCH3 is 2. The number of aliphatic imine (C=N–C) groups is 1. The minimum atomic E-state index is 0. The second-order valence-corrected chi connectivity index (χ2v) is 6.61. The maximum Gasteiger partial charge on any atom is 0.193 e. The van der Waals surface area contributed by atoms with Crippen molar-refractivity contribution in [2.24, 2.45) is 10.7 Å². The smallest absolute Gasteiger partial charge is 0.193 e. The molecular weight excluding hydrogens is 461 g/mol. The standard InChI is InChI=1S/C19H25N3O2S.HI/c1-14-4-6-15(7-5-14)13-25-11-10-21-19(20)22-16-8-9-17(23-2)18(12-16)24-3;/h4-9,12H,10-11,13H2,1-3H3,(H3,20,21,22);1H. The predicted molar refractivity (Wildman–Crippen MR) is 122 cm³/mol. The molecule has 2 rings (SSSR count). The first-order valence-corrected chi connectivity index (χ1v) is 9.20. The Bertz CT molecular complexity index is 708. The lowest BCUT2D eigenvalue weighted by Gasteiger charge is -2.10. The molecule has 0 saturated heterocycles. The zero-order valence-electron chi connectivity index (χ0n) is 15.3. The number of thioether (sulfide) groups is 1. The molecule has 0 heterocycles. The van der Waals surface area contributed by atoms with Gasteiger partial charge in [-0.3, -0.25) is 4.99 Å². The Labute approximate surface area is 176 Å². The molecule has 5 nitrogen and oxygen atoms in total. The number of guanidine groups is 1. The van der Waals surface area contributed by atoms with Gasteiger partial charge in [-0.25, -0.2) is 0 Å². The number of nitrogens with one attached hydrogen (secondary N) is 1. The van der Waals surface area contributed by atoms with Crippen LogP contribution in [-0.4, -0.2) is 32.5 Å². The van der Waals surface area contributed by atoms with E-state index in [1.54, 1.807) is 14.2 Å². The molecule has 0 atom stereocenters. The van der Waals surface area contributed by atoms with Crippen molar-refractivity contribution in [1.29, 1.82) is 0 Å². The summed E-state index contributed by atoms with van der Waals surface area (Å²) in [7, 11) is 3.21. The van der Waals surface area contributed by atoms with E-state index in [0.717, 1.165) is 17.2 Å². The molecule has 0 fully saturated rings. The summed E-state index contributed by atoms with van der Waals surface area (Å²) >= 11 is 1.84. The van der Waals surface area contributed by atoms with Crippen molar-refractivity contribution < 1.29 is 9.47 Å². The van der Waals surface area contributed by atoms with Crippen molar-refractivity contribution in [3.63, 3.8) is 0 Å². The summed E-state index contributed by atoms with van der Waals surface area (Å²) in [5, 5.41) is 3.07. The molecule has 26 heavy (non-hydrogen) atoms. The number of ether oxygens (including phenoxy) is 2. The minimum absolute atomic E-state index is 0. The van der Waals surface area contributed by atoms with Crippen LogP contribution < -0.4 is 20.5 Å². The molecule has 7 heteroatoms. The molecule has 0 saturated carbocycles. The van der Waals surface area contributed by atoms with E-state index in [1.807, 2.05) is 30.0 Å². The Morgan fingerprint density at radius 3 is 2.42 bits per heavy atom. The fourth-order valence-corrected chi connectivity index (χ4v) is 3.00. The fraction of sp³-hybridized carbons (Fsp3) is 0.316. The number of aryl methyl sites for hydroxylation is 1. The van der Waals surface area contributed by atoms with E-state index in [4.69, 9.17) is 15.2 Å². The van der Waals surface area contributed by atoms with E-state index < -0.39 is 0 Å². The van der Waals surface area contributed by atoms with E-state index in [2.05, 4.69) is 41.5 Å². The van der Waals surface area contributed by atoms with Gasteiger partial charge in [0, 0.05) is 23.3 Å².